The van der Waals surface area contributed by atoms with Crippen molar-refractivity contribution in [2.24, 2.45) is 0 Å². The number of fused-ring (bicyclic) bond motifs is 9. The van der Waals surface area contributed by atoms with E-state index < -0.39 is 0 Å². The summed E-state index contributed by atoms with van der Waals surface area (Å²) >= 11 is 1.86. The largest absolute Gasteiger partial charge is 0.456 e. The fourth-order valence-electron chi connectivity index (χ4n) is 5.15. The van der Waals surface area contributed by atoms with Crippen LogP contribution in [0.3, 0.4) is 0 Å². The van der Waals surface area contributed by atoms with E-state index in [0.29, 0.717) is 0 Å². The van der Waals surface area contributed by atoms with E-state index in [0.717, 1.165) is 11.2 Å². The van der Waals surface area contributed by atoms with Gasteiger partial charge in [0.15, 0.2) is 0 Å². The molecule has 0 atom stereocenters. The minimum atomic E-state index is 0.962. The van der Waals surface area contributed by atoms with E-state index in [9.17, 15) is 0 Å². The number of benzene rings is 6. The van der Waals surface area contributed by atoms with Gasteiger partial charge in [0.2, 0.25) is 0 Å². The number of aromatic amines is 1. The van der Waals surface area contributed by atoms with Crippen LogP contribution in [0.4, 0.5) is 0 Å². The Hall–Kier alpha value is -4.86. The third-order valence-electron chi connectivity index (χ3n) is 6.98. The standard InChI is InChI=1S/C12H9N.C12H8O.C12H8S.6C2H6/c3*1-3-7-11-9(5-1)10-6-2-4-8-12(10)13-11;6*1-2/h1-8,13H;2*1-8H;6*1-2H3. The summed E-state index contributed by atoms with van der Waals surface area (Å²) in [6.45, 7) is 24.0. The lowest BCUT2D eigenvalue weighted by Crippen LogP contribution is -1.62. The summed E-state index contributed by atoms with van der Waals surface area (Å²) < 4.78 is 8.41. The van der Waals surface area contributed by atoms with Crippen molar-refractivity contribution in [2.75, 3.05) is 0 Å². The topological polar surface area (TPSA) is 28.9 Å². The highest BCUT2D eigenvalue weighted by molar-refractivity contribution is 7.25. The second kappa shape index (κ2) is 26.0. The molecule has 0 saturated heterocycles. The Morgan fingerprint density at radius 1 is 0.314 bits per heavy atom. The molecule has 0 aliphatic heterocycles. The molecule has 51 heavy (non-hydrogen) atoms. The monoisotopic (exact) mass is 699 g/mol. The third-order valence-corrected chi connectivity index (χ3v) is 8.13. The molecule has 0 saturated carbocycles. The molecule has 270 valence electrons. The van der Waals surface area contributed by atoms with Crippen LogP contribution in [-0.2, 0) is 0 Å². The van der Waals surface area contributed by atoms with Crippen molar-refractivity contribution in [3.05, 3.63) is 146 Å². The Morgan fingerprint density at radius 2 is 0.588 bits per heavy atom. The molecule has 0 amide bonds. The van der Waals surface area contributed by atoms with Gasteiger partial charge in [0, 0.05) is 52.8 Å². The number of rotatable bonds is 0. The molecule has 0 aliphatic carbocycles. The molecular formula is C48H61NOS. The zero-order valence-electron chi connectivity index (χ0n) is 33.2. The highest BCUT2D eigenvalue weighted by Gasteiger charge is 2.04. The highest BCUT2D eigenvalue weighted by Crippen LogP contribution is 2.33. The van der Waals surface area contributed by atoms with Crippen molar-refractivity contribution in [1.82, 2.24) is 4.98 Å². The van der Waals surface area contributed by atoms with Gasteiger partial charge in [-0.15, -0.1) is 11.3 Å². The lowest BCUT2D eigenvalue weighted by atomic mass is 10.2. The van der Waals surface area contributed by atoms with Crippen molar-refractivity contribution in [2.45, 2.75) is 83.1 Å². The molecule has 9 rings (SSSR count). The minimum Gasteiger partial charge on any atom is -0.456 e. The lowest BCUT2D eigenvalue weighted by molar-refractivity contribution is 0.669. The first-order valence-corrected chi connectivity index (χ1v) is 19.8. The molecular weight excluding hydrogens is 639 g/mol. The lowest BCUT2D eigenvalue weighted by Gasteiger charge is -1.88. The maximum atomic E-state index is 5.65. The second-order valence-corrected chi connectivity index (χ2v) is 10.5. The summed E-state index contributed by atoms with van der Waals surface area (Å²) in [6, 6.07) is 50.1. The van der Waals surface area contributed by atoms with E-state index in [4.69, 9.17) is 4.42 Å². The number of nitrogens with one attached hydrogen (secondary N) is 1. The molecule has 3 heterocycles. The Balaban J connectivity index is 0.000000333. The van der Waals surface area contributed by atoms with Gasteiger partial charge in [0.05, 0.1) is 0 Å². The van der Waals surface area contributed by atoms with Crippen LogP contribution in [0.5, 0.6) is 0 Å². The predicted molar refractivity (Wildman–Crippen MR) is 237 cm³/mol. The molecule has 0 bridgehead atoms. The molecule has 0 fully saturated rings. The zero-order chi connectivity index (χ0) is 38.0. The normalized spacial score (nSPS) is 9.18. The van der Waals surface area contributed by atoms with E-state index in [1.807, 2.05) is 131 Å². The molecule has 0 spiro atoms. The molecule has 2 nitrogen and oxygen atoms in total. The van der Waals surface area contributed by atoms with Crippen LogP contribution < -0.4 is 0 Å². The summed E-state index contributed by atoms with van der Waals surface area (Å²) in [5.74, 6) is 0. The Morgan fingerprint density at radius 3 is 0.961 bits per heavy atom. The first kappa shape index (κ1) is 44.2. The van der Waals surface area contributed by atoms with Crippen LogP contribution >= 0.6 is 11.3 Å². The maximum Gasteiger partial charge on any atom is 0.135 e. The molecule has 6 aromatic carbocycles. The minimum absolute atomic E-state index is 0.962. The number of aromatic nitrogens is 1. The van der Waals surface area contributed by atoms with E-state index in [1.165, 1.54) is 52.8 Å². The van der Waals surface area contributed by atoms with E-state index in [2.05, 4.69) is 114 Å². The van der Waals surface area contributed by atoms with Crippen LogP contribution in [0.25, 0.3) is 63.9 Å². The van der Waals surface area contributed by atoms with E-state index >= 15 is 0 Å². The molecule has 0 unspecified atom stereocenters. The van der Waals surface area contributed by atoms with Crippen molar-refractivity contribution >= 4 is 75.3 Å². The average Bonchev–Trinajstić information content (AvgIpc) is 3.94. The summed E-state index contributed by atoms with van der Waals surface area (Å²) in [5, 5.41) is 7.75. The number of H-pyrrole nitrogens is 1. The summed E-state index contributed by atoms with van der Waals surface area (Å²) in [7, 11) is 0. The van der Waals surface area contributed by atoms with Crippen LogP contribution in [0.2, 0.25) is 0 Å². The zero-order valence-corrected chi connectivity index (χ0v) is 34.0. The van der Waals surface area contributed by atoms with Gasteiger partial charge in [-0.2, -0.15) is 0 Å². The quantitative estimate of drug-likeness (QED) is 0.168. The molecule has 3 heteroatoms. The Labute approximate surface area is 312 Å². The highest BCUT2D eigenvalue weighted by atomic mass is 32.1. The Kier molecular flexibility index (Phi) is 22.5. The summed E-state index contributed by atoms with van der Waals surface area (Å²) in [6.07, 6.45) is 0. The van der Waals surface area contributed by atoms with Gasteiger partial charge < -0.3 is 9.40 Å². The van der Waals surface area contributed by atoms with E-state index in [-0.39, 0.29) is 0 Å². The van der Waals surface area contributed by atoms with Gasteiger partial charge >= 0.3 is 0 Å². The van der Waals surface area contributed by atoms with Gasteiger partial charge in [-0.3, -0.25) is 0 Å². The summed E-state index contributed by atoms with van der Waals surface area (Å²) in [4.78, 5) is 3.38. The van der Waals surface area contributed by atoms with Gasteiger partial charge in [-0.05, 0) is 36.4 Å². The summed E-state index contributed by atoms with van der Waals surface area (Å²) in [5.41, 5.74) is 4.35. The van der Waals surface area contributed by atoms with Crippen LogP contribution in [0.1, 0.15) is 83.1 Å². The maximum absolute atomic E-state index is 5.65. The molecule has 3 aromatic heterocycles. The average molecular weight is 700 g/mol. The first-order chi connectivity index (χ1) is 25.3. The number of furan rings is 1. The fraction of sp³-hybridized carbons (Fsp3) is 0.250. The van der Waals surface area contributed by atoms with Gasteiger partial charge in [0.1, 0.15) is 11.2 Å². The predicted octanol–water partition coefficient (Wildman–Crippen LogP) is 17.1. The molecule has 0 radical (unpaired) electrons. The molecule has 1 N–H and O–H groups in total. The van der Waals surface area contributed by atoms with Crippen molar-refractivity contribution in [3.8, 4) is 0 Å². The van der Waals surface area contributed by atoms with Crippen LogP contribution in [0, 0.1) is 0 Å². The number of hydrogen-bond acceptors (Lipinski definition) is 2. The molecule has 9 aromatic rings. The van der Waals surface area contributed by atoms with Crippen LogP contribution in [-0.4, -0.2) is 4.98 Å². The van der Waals surface area contributed by atoms with E-state index in [1.54, 1.807) is 0 Å². The number of hydrogen-bond donors (Lipinski definition) is 1. The van der Waals surface area contributed by atoms with Gasteiger partial charge in [-0.25, -0.2) is 0 Å². The van der Waals surface area contributed by atoms with Gasteiger partial charge in [0.25, 0.3) is 0 Å². The first-order valence-electron chi connectivity index (χ1n) is 19.0. The third kappa shape index (κ3) is 11.6. The van der Waals surface area contributed by atoms with Crippen molar-refractivity contribution in [1.29, 1.82) is 0 Å². The number of para-hydroxylation sites is 4. The van der Waals surface area contributed by atoms with Crippen molar-refractivity contribution in [3.63, 3.8) is 0 Å². The van der Waals surface area contributed by atoms with Crippen LogP contribution in [0.15, 0.2) is 150 Å². The van der Waals surface area contributed by atoms with Gasteiger partial charge in [-0.1, -0.05) is 192 Å². The SMILES string of the molecule is CC.CC.CC.CC.CC.CC.c1ccc2c(c1)[nH]c1ccccc12.c1ccc2c(c1)oc1ccccc12.c1ccc2c(c1)sc1ccccc12. The molecule has 0 aliphatic rings. The Bertz CT molecular complexity index is 1800. The second-order valence-electron chi connectivity index (χ2n) is 9.40. The smallest absolute Gasteiger partial charge is 0.135 e. The number of thiophene rings is 1. The fourth-order valence-corrected chi connectivity index (χ4v) is 6.25. The van der Waals surface area contributed by atoms with Crippen molar-refractivity contribution < 1.29 is 4.42 Å².